The molecule has 1 aromatic rings. The smallest absolute Gasteiger partial charge is 0.325 e. The van der Waals surface area contributed by atoms with Crippen molar-refractivity contribution in [2.24, 2.45) is 0 Å². The van der Waals surface area contributed by atoms with E-state index in [2.05, 4.69) is 22.9 Å². The third-order valence-electron chi connectivity index (χ3n) is 2.85. The van der Waals surface area contributed by atoms with E-state index in [4.69, 9.17) is 4.74 Å². The van der Waals surface area contributed by atoms with Gasteiger partial charge in [-0.05, 0) is 38.1 Å². The summed E-state index contributed by atoms with van der Waals surface area (Å²) in [6.45, 7) is 6.85. The van der Waals surface area contributed by atoms with Gasteiger partial charge in [0.25, 0.3) is 0 Å². The van der Waals surface area contributed by atoms with Crippen molar-refractivity contribution in [2.75, 3.05) is 25.0 Å². The lowest BCUT2D eigenvalue weighted by Crippen LogP contribution is -2.34. The fraction of sp³-hybridized carbons (Fsp3) is 0.467. The number of carbonyl (C=O) groups excluding carboxylic acids is 2. The average molecular weight is 293 g/mol. The number of esters is 1. The fourth-order valence-electron chi connectivity index (χ4n) is 1.85. The van der Waals surface area contributed by atoms with Gasteiger partial charge in [0.2, 0.25) is 0 Å². The van der Waals surface area contributed by atoms with Crippen molar-refractivity contribution in [1.29, 1.82) is 0 Å². The van der Waals surface area contributed by atoms with E-state index < -0.39 is 12.0 Å². The molecule has 116 valence electrons. The van der Waals surface area contributed by atoms with Crippen LogP contribution >= 0.6 is 0 Å². The van der Waals surface area contributed by atoms with Gasteiger partial charge in [0, 0.05) is 11.7 Å². The molecule has 0 heterocycles. The van der Waals surface area contributed by atoms with E-state index in [0.717, 1.165) is 12.1 Å². The molecule has 1 rings (SSSR count). The monoisotopic (exact) mass is 293 g/mol. The lowest BCUT2D eigenvalue weighted by molar-refractivity contribution is -0.141. The molecule has 0 aliphatic rings. The molecule has 1 unspecified atom stereocenters. The van der Waals surface area contributed by atoms with Crippen LogP contribution in [0.5, 0.6) is 0 Å². The number of carbonyl (C=O) groups is 2. The van der Waals surface area contributed by atoms with Gasteiger partial charge in [0.15, 0.2) is 0 Å². The predicted octanol–water partition coefficient (Wildman–Crippen LogP) is 2.04. The van der Waals surface area contributed by atoms with E-state index >= 15 is 0 Å². The predicted molar refractivity (Wildman–Crippen MR) is 82.2 cm³/mol. The van der Waals surface area contributed by atoms with Crippen molar-refractivity contribution in [3.8, 4) is 0 Å². The van der Waals surface area contributed by atoms with Crippen LogP contribution in [0.25, 0.3) is 0 Å². The lowest BCUT2D eigenvalue weighted by atomic mass is 10.1. The number of amides is 2. The SMILES string of the molecule is CCNC(C)c1cccc(NC(=O)NCC(=O)OCC)c1. The summed E-state index contributed by atoms with van der Waals surface area (Å²) in [5.41, 5.74) is 1.76. The largest absolute Gasteiger partial charge is 0.465 e. The van der Waals surface area contributed by atoms with Crippen LogP contribution in [0.2, 0.25) is 0 Å². The normalized spacial score (nSPS) is 11.6. The van der Waals surface area contributed by atoms with Crippen LogP contribution < -0.4 is 16.0 Å². The Morgan fingerprint density at radius 2 is 2.05 bits per heavy atom. The van der Waals surface area contributed by atoms with E-state index in [9.17, 15) is 9.59 Å². The van der Waals surface area contributed by atoms with E-state index in [-0.39, 0.29) is 12.6 Å². The van der Waals surface area contributed by atoms with Crippen LogP contribution in [-0.2, 0) is 9.53 Å². The molecule has 1 aromatic carbocycles. The van der Waals surface area contributed by atoms with Crippen LogP contribution in [0, 0.1) is 0 Å². The van der Waals surface area contributed by atoms with Crippen molar-refractivity contribution in [3.05, 3.63) is 29.8 Å². The second kappa shape index (κ2) is 8.97. The molecule has 2 amide bonds. The molecular formula is C15H23N3O3. The lowest BCUT2D eigenvalue weighted by Gasteiger charge is -2.14. The number of hydrogen-bond donors (Lipinski definition) is 3. The Bertz CT molecular complexity index is 477. The Morgan fingerprint density at radius 3 is 2.71 bits per heavy atom. The Morgan fingerprint density at radius 1 is 1.29 bits per heavy atom. The number of benzene rings is 1. The summed E-state index contributed by atoms with van der Waals surface area (Å²) < 4.78 is 4.73. The van der Waals surface area contributed by atoms with Gasteiger partial charge < -0.3 is 20.7 Å². The highest BCUT2D eigenvalue weighted by molar-refractivity contribution is 5.91. The number of anilines is 1. The van der Waals surface area contributed by atoms with Crippen LogP contribution in [0.3, 0.4) is 0 Å². The molecule has 0 aliphatic carbocycles. The highest BCUT2D eigenvalue weighted by Gasteiger charge is 2.08. The zero-order chi connectivity index (χ0) is 15.7. The minimum atomic E-state index is -0.456. The Labute approximate surface area is 125 Å². The molecule has 0 saturated heterocycles. The van der Waals surface area contributed by atoms with Crippen LogP contribution in [-0.4, -0.2) is 31.7 Å². The van der Waals surface area contributed by atoms with Crippen LogP contribution in [0.15, 0.2) is 24.3 Å². The topological polar surface area (TPSA) is 79.5 Å². The van der Waals surface area contributed by atoms with Gasteiger partial charge in [-0.15, -0.1) is 0 Å². The number of ether oxygens (including phenoxy) is 1. The standard InChI is InChI=1S/C15H23N3O3/c1-4-16-11(3)12-7-6-8-13(9-12)18-15(20)17-10-14(19)21-5-2/h6-9,11,16H,4-5,10H2,1-3H3,(H2,17,18,20). The molecule has 0 fully saturated rings. The van der Waals surface area contributed by atoms with Crippen molar-refractivity contribution in [3.63, 3.8) is 0 Å². The first kappa shape index (κ1) is 17.0. The van der Waals surface area contributed by atoms with Crippen molar-refractivity contribution >= 4 is 17.7 Å². The Hall–Kier alpha value is -2.08. The van der Waals surface area contributed by atoms with E-state index in [1.165, 1.54) is 0 Å². The molecule has 6 nitrogen and oxygen atoms in total. The summed E-state index contributed by atoms with van der Waals surface area (Å²) in [4.78, 5) is 22.8. The van der Waals surface area contributed by atoms with Crippen molar-refractivity contribution in [1.82, 2.24) is 10.6 Å². The number of nitrogens with one attached hydrogen (secondary N) is 3. The minimum absolute atomic E-state index is 0.146. The van der Waals surface area contributed by atoms with Gasteiger partial charge >= 0.3 is 12.0 Å². The summed E-state index contributed by atoms with van der Waals surface area (Å²) >= 11 is 0. The maximum absolute atomic E-state index is 11.7. The first-order valence-corrected chi connectivity index (χ1v) is 7.10. The molecule has 0 spiro atoms. The first-order chi connectivity index (χ1) is 10.1. The van der Waals surface area contributed by atoms with Gasteiger partial charge in [-0.1, -0.05) is 19.1 Å². The molecule has 0 radical (unpaired) electrons. The minimum Gasteiger partial charge on any atom is -0.465 e. The van der Waals surface area contributed by atoms with Gasteiger partial charge in [0.1, 0.15) is 6.54 Å². The molecular weight excluding hydrogens is 270 g/mol. The molecule has 0 aromatic heterocycles. The summed E-state index contributed by atoms with van der Waals surface area (Å²) in [5.74, 6) is -0.456. The van der Waals surface area contributed by atoms with Crippen LogP contribution in [0.1, 0.15) is 32.4 Å². The van der Waals surface area contributed by atoms with Gasteiger partial charge in [0.05, 0.1) is 6.61 Å². The first-order valence-electron chi connectivity index (χ1n) is 7.10. The molecule has 0 bridgehead atoms. The molecule has 0 saturated carbocycles. The number of hydrogen-bond acceptors (Lipinski definition) is 4. The molecule has 21 heavy (non-hydrogen) atoms. The zero-order valence-electron chi connectivity index (χ0n) is 12.7. The van der Waals surface area contributed by atoms with Crippen molar-refractivity contribution < 1.29 is 14.3 Å². The summed E-state index contributed by atoms with van der Waals surface area (Å²) in [6.07, 6.45) is 0. The quantitative estimate of drug-likeness (QED) is 0.672. The molecule has 1 atom stereocenters. The van der Waals surface area contributed by atoms with Crippen LogP contribution in [0.4, 0.5) is 10.5 Å². The summed E-state index contributed by atoms with van der Waals surface area (Å²) in [5, 5.41) is 8.45. The second-order valence-corrected chi connectivity index (χ2v) is 4.52. The second-order valence-electron chi connectivity index (χ2n) is 4.52. The van der Waals surface area contributed by atoms with Gasteiger partial charge in [-0.25, -0.2) is 4.79 Å². The summed E-state index contributed by atoms with van der Waals surface area (Å²) in [6, 6.07) is 7.35. The van der Waals surface area contributed by atoms with E-state index in [0.29, 0.717) is 12.3 Å². The highest BCUT2D eigenvalue weighted by atomic mass is 16.5. The zero-order valence-corrected chi connectivity index (χ0v) is 12.7. The molecule has 6 heteroatoms. The maximum Gasteiger partial charge on any atom is 0.325 e. The Balaban J connectivity index is 2.52. The fourth-order valence-corrected chi connectivity index (χ4v) is 1.85. The molecule has 3 N–H and O–H groups in total. The Kier molecular flexibility index (Phi) is 7.25. The summed E-state index contributed by atoms with van der Waals surface area (Å²) in [7, 11) is 0. The van der Waals surface area contributed by atoms with Gasteiger partial charge in [-0.3, -0.25) is 4.79 Å². The molecule has 0 aliphatic heterocycles. The third-order valence-corrected chi connectivity index (χ3v) is 2.85. The highest BCUT2D eigenvalue weighted by Crippen LogP contribution is 2.17. The average Bonchev–Trinajstić information content (AvgIpc) is 2.46. The maximum atomic E-state index is 11.7. The van der Waals surface area contributed by atoms with Gasteiger partial charge in [-0.2, -0.15) is 0 Å². The third kappa shape index (κ3) is 6.27. The number of urea groups is 1. The van der Waals surface area contributed by atoms with E-state index in [1.807, 2.05) is 25.1 Å². The van der Waals surface area contributed by atoms with Crippen molar-refractivity contribution in [2.45, 2.75) is 26.8 Å². The number of rotatable bonds is 7. The van der Waals surface area contributed by atoms with E-state index in [1.54, 1.807) is 13.0 Å².